The molecule has 0 fully saturated rings. The largest absolute Gasteiger partial charge is 0.326 e. The third-order valence-electron chi connectivity index (χ3n) is 2.67. The van der Waals surface area contributed by atoms with Gasteiger partial charge in [0.25, 0.3) is 0 Å². The Morgan fingerprint density at radius 1 is 1.35 bits per heavy atom. The molecule has 0 saturated carbocycles. The van der Waals surface area contributed by atoms with Gasteiger partial charge in [-0.15, -0.1) is 11.3 Å². The molecule has 0 saturated heterocycles. The molecule has 1 aromatic carbocycles. The van der Waals surface area contributed by atoms with Crippen LogP contribution in [-0.2, 0) is 6.54 Å². The summed E-state index contributed by atoms with van der Waals surface area (Å²) in [5.74, 6) is 0. The van der Waals surface area contributed by atoms with Gasteiger partial charge in [0, 0.05) is 6.54 Å². The molecule has 2 heterocycles. The molecule has 2 aromatic heterocycles. The van der Waals surface area contributed by atoms with Crippen LogP contribution >= 0.6 is 11.3 Å². The highest BCUT2D eigenvalue weighted by atomic mass is 32.1. The molecule has 0 bridgehead atoms. The molecule has 0 N–H and O–H groups in total. The zero-order valence-corrected chi connectivity index (χ0v) is 9.85. The number of imidazole rings is 1. The zero-order chi connectivity index (χ0) is 11.7. The predicted molar refractivity (Wildman–Crippen MR) is 68.5 cm³/mol. The van der Waals surface area contributed by atoms with Crippen molar-refractivity contribution < 1.29 is 4.79 Å². The Hall–Kier alpha value is -1.94. The SMILES string of the molecule is O=Cc1cc(Cn2cnc3ccccc32)cs1. The van der Waals surface area contributed by atoms with Crippen LogP contribution in [0.3, 0.4) is 0 Å². The molecule has 3 aromatic rings. The van der Waals surface area contributed by atoms with E-state index in [0.29, 0.717) is 0 Å². The Balaban J connectivity index is 1.96. The van der Waals surface area contributed by atoms with Crippen molar-refractivity contribution in [2.24, 2.45) is 0 Å². The van der Waals surface area contributed by atoms with Gasteiger partial charge in [-0.2, -0.15) is 0 Å². The maximum absolute atomic E-state index is 10.6. The molecule has 0 aliphatic heterocycles. The Morgan fingerprint density at radius 3 is 3.06 bits per heavy atom. The summed E-state index contributed by atoms with van der Waals surface area (Å²) in [5, 5.41) is 2.01. The zero-order valence-electron chi connectivity index (χ0n) is 9.04. The van der Waals surface area contributed by atoms with E-state index in [0.717, 1.165) is 34.3 Å². The molecule has 0 unspecified atom stereocenters. The standard InChI is InChI=1S/C13H10N2OS/c16-7-11-5-10(8-17-11)6-15-9-14-12-3-1-2-4-13(12)15/h1-5,7-9H,6H2. The number of rotatable bonds is 3. The van der Waals surface area contributed by atoms with Crippen LogP contribution < -0.4 is 0 Å². The van der Waals surface area contributed by atoms with Crippen LogP contribution in [0.25, 0.3) is 11.0 Å². The second-order valence-electron chi connectivity index (χ2n) is 3.84. The molecule has 0 aliphatic carbocycles. The number of hydrogen-bond acceptors (Lipinski definition) is 3. The molecule has 3 nitrogen and oxygen atoms in total. The maximum Gasteiger partial charge on any atom is 0.160 e. The Bertz CT molecular complexity index is 669. The van der Waals surface area contributed by atoms with Gasteiger partial charge in [-0.1, -0.05) is 12.1 Å². The monoisotopic (exact) mass is 242 g/mol. The number of hydrogen-bond donors (Lipinski definition) is 0. The van der Waals surface area contributed by atoms with Crippen LogP contribution in [0, 0.1) is 0 Å². The minimum atomic E-state index is 0.755. The third-order valence-corrected chi connectivity index (χ3v) is 3.58. The molecule has 4 heteroatoms. The van der Waals surface area contributed by atoms with Crippen LogP contribution in [0.2, 0.25) is 0 Å². The van der Waals surface area contributed by atoms with E-state index in [1.807, 2.05) is 36.0 Å². The second-order valence-corrected chi connectivity index (χ2v) is 4.78. The average molecular weight is 242 g/mol. The summed E-state index contributed by atoms with van der Waals surface area (Å²) < 4.78 is 2.09. The highest BCUT2D eigenvalue weighted by molar-refractivity contribution is 7.11. The smallest absolute Gasteiger partial charge is 0.160 e. The summed E-state index contributed by atoms with van der Waals surface area (Å²) in [4.78, 5) is 15.7. The van der Waals surface area contributed by atoms with E-state index in [9.17, 15) is 4.79 Å². The van der Waals surface area contributed by atoms with Crippen molar-refractivity contribution in [2.75, 3.05) is 0 Å². The molecular formula is C13H10N2OS. The lowest BCUT2D eigenvalue weighted by atomic mass is 10.3. The fourth-order valence-corrected chi connectivity index (χ4v) is 2.58. The summed E-state index contributed by atoms with van der Waals surface area (Å²) in [5.41, 5.74) is 3.25. The highest BCUT2D eigenvalue weighted by Crippen LogP contribution is 2.17. The first kappa shape index (κ1) is 10.2. The van der Waals surface area contributed by atoms with Crippen molar-refractivity contribution in [2.45, 2.75) is 6.54 Å². The molecule has 0 aliphatic rings. The predicted octanol–water partition coefficient (Wildman–Crippen LogP) is 2.96. The lowest BCUT2D eigenvalue weighted by Crippen LogP contribution is -1.96. The number of aldehydes is 1. The number of aromatic nitrogens is 2. The summed E-state index contributed by atoms with van der Waals surface area (Å²) in [6, 6.07) is 9.96. The molecular weight excluding hydrogens is 232 g/mol. The summed E-state index contributed by atoms with van der Waals surface area (Å²) in [6.45, 7) is 0.755. The molecule has 0 atom stereocenters. The van der Waals surface area contributed by atoms with E-state index in [1.165, 1.54) is 11.3 Å². The van der Waals surface area contributed by atoms with Gasteiger partial charge in [0.2, 0.25) is 0 Å². The number of carbonyl (C=O) groups excluding carboxylic acids is 1. The minimum Gasteiger partial charge on any atom is -0.326 e. The number of carbonyl (C=O) groups is 1. The molecule has 3 rings (SSSR count). The Morgan fingerprint density at radius 2 is 2.24 bits per heavy atom. The molecule has 0 amide bonds. The van der Waals surface area contributed by atoms with E-state index < -0.39 is 0 Å². The van der Waals surface area contributed by atoms with Crippen molar-refractivity contribution in [3.63, 3.8) is 0 Å². The number of para-hydroxylation sites is 2. The van der Waals surface area contributed by atoms with Gasteiger partial charge in [0.05, 0.1) is 22.2 Å². The van der Waals surface area contributed by atoms with Gasteiger partial charge in [-0.3, -0.25) is 4.79 Å². The van der Waals surface area contributed by atoms with Gasteiger partial charge in [-0.05, 0) is 29.1 Å². The summed E-state index contributed by atoms with van der Waals surface area (Å²) in [6.07, 6.45) is 2.73. The van der Waals surface area contributed by atoms with Crippen LogP contribution in [0.15, 0.2) is 42.0 Å². The van der Waals surface area contributed by atoms with Crippen molar-refractivity contribution in [3.05, 3.63) is 52.5 Å². The number of thiophene rings is 1. The van der Waals surface area contributed by atoms with E-state index in [2.05, 4.69) is 15.6 Å². The molecule has 84 valence electrons. The van der Waals surface area contributed by atoms with Crippen LogP contribution in [0.5, 0.6) is 0 Å². The van der Waals surface area contributed by atoms with E-state index >= 15 is 0 Å². The van der Waals surface area contributed by atoms with Crippen LogP contribution in [0.4, 0.5) is 0 Å². The highest BCUT2D eigenvalue weighted by Gasteiger charge is 2.04. The number of fused-ring (bicyclic) bond motifs is 1. The Labute approximate surface area is 102 Å². The van der Waals surface area contributed by atoms with E-state index in [-0.39, 0.29) is 0 Å². The van der Waals surface area contributed by atoms with Crippen molar-refractivity contribution >= 4 is 28.7 Å². The van der Waals surface area contributed by atoms with Gasteiger partial charge < -0.3 is 4.57 Å². The van der Waals surface area contributed by atoms with E-state index in [1.54, 1.807) is 0 Å². The molecule has 17 heavy (non-hydrogen) atoms. The minimum absolute atomic E-state index is 0.755. The fraction of sp³-hybridized carbons (Fsp3) is 0.0769. The van der Waals surface area contributed by atoms with E-state index in [4.69, 9.17) is 0 Å². The number of nitrogens with zero attached hydrogens (tertiary/aromatic N) is 2. The quantitative estimate of drug-likeness (QED) is 0.662. The number of benzene rings is 1. The Kier molecular flexibility index (Phi) is 2.49. The van der Waals surface area contributed by atoms with Gasteiger partial charge in [0.15, 0.2) is 6.29 Å². The molecule has 0 radical (unpaired) electrons. The van der Waals surface area contributed by atoms with Gasteiger partial charge in [0.1, 0.15) is 0 Å². The fourth-order valence-electron chi connectivity index (χ4n) is 1.87. The summed E-state index contributed by atoms with van der Waals surface area (Å²) in [7, 11) is 0. The first-order valence-corrected chi connectivity index (χ1v) is 6.17. The molecule has 0 spiro atoms. The first-order valence-electron chi connectivity index (χ1n) is 5.29. The topological polar surface area (TPSA) is 34.9 Å². The van der Waals surface area contributed by atoms with Crippen molar-refractivity contribution in [3.8, 4) is 0 Å². The van der Waals surface area contributed by atoms with Crippen molar-refractivity contribution in [1.82, 2.24) is 9.55 Å². The van der Waals surface area contributed by atoms with Crippen LogP contribution in [0.1, 0.15) is 15.2 Å². The van der Waals surface area contributed by atoms with Gasteiger partial charge >= 0.3 is 0 Å². The lowest BCUT2D eigenvalue weighted by molar-refractivity contribution is 0.112. The van der Waals surface area contributed by atoms with Crippen LogP contribution in [-0.4, -0.2) is 15.8 Å². The summed E-state index contributed by atoms with van der Waals surface area (Å²) >= 11 is 1.47. The second kappa shape index (κ2) is 4.14. The first-order chi connectivity index (χ1) is 8.36. The third kappa shape index (κ3) is 1.87. The van der Waals surface area contributed by atoms with Gasteiger partial charge in [-0.25, -0.2) is 4.98 Å². The lowest BCUT2D eigenvalue weighted by Gasteiger charge is -2.01. The van der Waals surface area contributed by atoms with Crippen molar-refractivity contribution in [1.29, 1.82) is 0 Å². The normalized spacial score (nSPS) is 10.8. The maximum atomic E-state index is 10.6. The average Bonchev–Trinajstić information content (AvgIpc) is 2.97.